The molecule has 0 heterocycles. The molecule has 0 spiro atoms. The zero-order valence-electron chi connectivity index (χ0n) is 9.66. The summed E-state index contributed by atoms with van der Waals surface area (Å²) in [7, 11) is 0. The molecule has 0 unspecified atom stereocenters. The van der Waals surface area contributed by atoms with Crippen molar-refractivity contribution in [2.45, 2.75) is 0 Å². The Morgan fingerprint density at radius 1 is 0.667 bits per heavy atom. The molecule has 112 valence electrons. The number of ether oxygens (including phenoxy) is 1. The first-order valence-electron chi connectivity index (χ1n) is 5.11. The van der Waals surface area contributed by atoms with Crippen molar-refractivity contribution in [3.63, 3.8) is 0 Å². The average molecular weight is 427 g/mol. The van der Waals surface area contributed by atoms with E-state index in [0.717, 1.165) is 0 Å². The van der Waals surface area contributed by atoms with Crippen molar-refractivity contribution >= 4 is 81.2 Å². The van der Waals surface area contributed by atoms with Gasteiger partial charge in [0.25, 0.3) is 0 Å². The van der Waals surface area contributed by atoms with E-state index in [1.807, 2.05) is 0 Å². The maximum Gasteiger partial charge on any atom is 0.179 e. The van der Waals surface area contributed by atoms with Crippen molar-refractivity contribution in [1.82, 2.24) is 0 Å². The Morgan fingerprint density at radius 2 is 1.19 bits per heavy atom. The van der Waals surface area contributed by atoms with E-state index < -0.39 is 5.75 Å². The van der Waals surface area contributed by atoms with Gasteiger partial charge in [-0.2, -0.15) is 0 Å². The van der Waals surface area contributed by atoms with E-state index in [2.05, 4.69) is 0 Å². The molecule has 0 saturated heterocycles. The van der Waals surface area contributed by atoms with Crippen LogP contribution in [0.3, 0.4) is 0 Å². The van der Waals surface area contributed by atoms with Gasteiger partial charge in [0.2, 0.25) is 0 Å². The fourth-order valence-electron chi connectivity index (χ4n) is 1.39. The van der Waals surface area contributed by atoms with Crippen LogP contribution in [0.1, 0.15) is 0 Å². The Hall–Kier alpha value is 0.0700. The summed E-state index contributed by atoms with van der Waals surface area (Å²) >= 11 is 41.3. The van der Waals surface area contributed by atoms with Crippen molar-refractivity contribution in [1.29, 1.82) is 0 Å². The van der Waals surface area contributed by atoms with Crippen molar-refractivity contribution in [3.05, 3.63) is 47.3 Å². The summed E-state index contributed by atoms with van der Waals surface area (Å²) in [5, 5.41) is 10.1. The molecule has 2 rings (SSSR count). The SMILES string of the molecule is Oc1c(Oc2c(Cl)cc(Cl)c(Cl)c2Cl)cc(Cl)c(Cl)c1Cl. The number of hydrogen-bond acceptors (Lipinski definition) is 2. The molecule has 0 bridgehead atoms. The molecule has 0 fully saturated rings. The molecule has 0 aliphatic rings. The predicted molar refractivity (Wildman–Crippen MR) is 89.7 cm³/mol. The minimum Gasteiger partial charge on any atom is -0.503 e. The Kier molecular flexibility index (Phi) is 5.54. The molecule has 0 aromatic heterocycles. The first-order chi connectivity index (χ1) is 9.73. The third-order valence-corrected chi connectivity index (χ3v) is 5.16. The molecule has 0 aliphatic carbocycles. The Morgan fingerprint density at radius 3 is 1.81 bits per heavy atom. The molecule has 2 aromatic rings. The average Bonchev–Trinajstić information content (AvgIpc) is 2.44. The zero-order valence-corrected chi connectivity index (χ0v) is 14.9. The second-order valence-corrected chi connectivity index (χ2v) is 6.47. The zero-order chi connectivity index (χ0) is 15.9. The predicted octanol–water partition coefficient (Wildman–Crippen LogP) is 7.76. The highest BCUT2D eigenvalue weighted by molar-refractivity contribution is 6.50. The number of rotatable bonds is 2. The molecule has 0 amide bonds. The molecular formula is C12H3Cl7O2. The normalized spacial score (nSPS) is 10.8. The highest BCUT2D eigenvalue weighted by Gasteiger charge is 2.20. The Balaban J connectivity index is 2.56. The summed E-state index contributed by atoms with van der Waals surface area (Å²) in [6.45, 7) is 0. The van der Waals surface area contributed by atoms with E-state index in [9.17, 15) is 5.11 Å². The molecule has 0 radical (unpaired) electrons. The van der Waals surface area contributed by atoms with Crippen molar-refractivity contribution < 1.29 is 9.84 Å². The largest absolute Gasteiger partial charge is 0.503 e. The molecule has 0 saturated carbocycles. The minimum atomic E-state index is -0.413. The van der Waals surface area contributed by atoms with Gasteiger partial charge in [0.05, 0.1) is 25.1 Å². The van der Waals surface area contributed by atoms with Gasteiger partial charge in [0.15, 0.2) is 17.2 Å². The maximum absolute atomic E-state index is 9.92. The number of benzene rings is 2. The first-order valence-corrected chi connectivity index (χ1v) is 7.76. The van der Waals surface area contributed by atoms with Gasteiger partial charge in [-0.25, -0.2) is 0 Å². The van der Waals surface area contributed by atoms with Crippen molar-refractivity contribution in [2.75, 3.05) is 0 Å². The van der Waals surface area contributed by atoms with Gasteiger partial charge >= 0.3 is 0 Å². The first kappa shape index (κ1) is 17.4. The number of aromatic hydroxyl groups is 1. The van der Waals surface area contributed by atoms with E-state index in [-0.39, 0.29) is 46.7 Å². The monoisotopic (exact) mass is 424 g/mol. The Bertz CT molecular complexity index is 731. The fourth-order valence-corrected chi connectivity index (χ4v) is 2.96. The third kappa shape index (κ3) is 3.37. The quantitative estimate of drug-likeness (QED) is 0.392. The van der Waals surface area contributed by atoms with Crippen LogP contribution in [0.15, 0.2) is 12.1 Å². The molecule has 0 atom stereocenters. The Labute approximate surface area is 155 Å². The van der Waals surface area contributed by atoms with Gasteiger partial charge < -0.3 is 9.84 Å². The topological polar surface area (TPSA) is 29.5 Å². The van der Waals surface area contributed by atoms with Gasteiger partial charge in [0, 0.05) is 6.07 Å². The van der Waals surface area contributed by atoms with Crippen LogP contribution in [0.25, 0.3) is 0 Å². The summed E-state index contributed by atoms with van der Waals surface area (Å²) in [5.41, 5.74) is 0. The van der Waals surface area contributed by atoms with Gasteiger partial charge in [-0.05, 0) is 6.07 Å². The summed E-state index contributed by atoms with van der Waals surface area (Å²) in [5.74, 6) is -0.502. The summed E-state index contributed by atoms with van der Waals surface area (Å²) < 4.78 is 5.44. The van der Waals surface area contributed by atoms with Crippen LogP contribution >= 0.6 is 81.2 Å². The fraction of sp³-hybridized carbons (Fsp3) is 0. The third-order valence-electron chi connectivity index (χ3n) is 2.39. The van der Waals surface area contributed by atoms with Gasteiger partial charge in [0.1, 0.15) is 10.0 Å². The molecule has 9 heteroatoms. The summed E-state index contributed by atoms with van der Waals surface area (Å²) in [6.07, 6.45) is 0. The van der Waals surface area contributed by atoms with Gasteiger partial charge in [-0.3, -0.25) is 0 Å². The van der Waals surface area contributed by atoms with E-state index in [1.54, 1.807) is 0 Å². The van der Waals surface area contributed by atoms with Crippen LogP contribution in [-0.2, 0) is 0 Å². The molecule has 21 heavy (non-hydrogen) atoms. The number of halogens is 7. The molecule has 2 nitrogen and oxygen atoms in total. The van der Waals surface area contributed by atoms with Gasteiger partial charge in [-0.15, -0.1) is 0 Å². The molecular weight excluding hydrogens is 424 g/mol. The maximum atomic E-state index is 9.92. The van der Waals surface area contributed by atoms with E-state index in [0.29, 0.717) is 0 Å². The van der Waals surface area contributed by atoms with Crippen LogP contribution in [0, 0.1) is 0 Å². The number of hydrogen-bond donors (Lipinski definition) is 1. The van der Waals surface area contributed by atoms with Crippen LogP contribution < -0.4 is 4.74 Å². The van der Waals surface area contributed by atoms with E-state index in [1.165, 1.54) is 12.1 Å². The lowest BCUT2D eigenvalue weighted by Crippen LogP contribution is -1.90. The van der Waals surface area contributed by atoms with Crippen molar-refractivity contribution in [3.8, 4) is 17.2 Å². The molecule has 0 aliphatic heterocycles. The highest BCUT2D eigenvalue weighted by Crippen LogP contribution is 2.49. The lowest BCUT2D eigenvalue weighted by atomic mass is 10.3. The number of phenols is 1. The standard InChI is InChI=1S/C12H3Cl7O2/c13-3-1-5(15)12(10(19)8(3)17)21-6-2-4(14)7(16)9(18)11(6)20/h1-2,20H. The lowest BCUT2D eigenvalue weighted by molar-refractivity contribution is 0.412. The van der Waals surface area contributed by atoms with Crippen LogP contribution in [-0.4, -0.2) is 5.11 Å². The van der Waals surface area contributed by atoms with E-state index in [4.69, 9.17) is 85.9 Å². The van der Waals surface area contributed by atoms with Crippen LogP contribution in [0.2, 0.25) is 35.2 Å². The van der Waals surface area contributed by atoms with E-state index >= 15 is 0 Å². The smallest absolute Gasteiger partial charge is 0.179 e. The number of phenolic OH excluding ortho intramolecular Hbond substituents is 1. The second-order valence-electron chi connectivity index (χ2n) is 3.73. The molecule has 2 aromatic carbocycles. The second kappa shape index (κ2) is 6.67. The van der Waals surface area contributed by atoms with Crippen LogP contribution in [0.4, 0.5) is 0 Å². The minimum absolute atomic E-state index is 0.00232. The van der Waals surface area contributed by atoms with Crippen molar-refractivity contribution in [2.24, 2.45) is 0 Å². The lowest BCUT2D eigenvalue weighted by Gasteiger charge is -2.14. The summed E-state index contributed by atoms with van der Waals surface area (Å²) in [6, 6.07) is 2.61. The van der Waals surface area contributed by atoms with Crippen LogP contribution in [0.5, 0.6) is 17.2 Å². The van der Waals surface area contributed by atoms with Gasteiger partial charge in [-0.1, -0.05) is 81.2 Å². The molecule has 1 N–H and O–H groups in total. The highest BCUT2D eigenvalue weighted by atomic mass is 35.5. The summed E-state index contributed by atoms with van der Waals surface area (Å²) in [4.78, 5) is 0.